The van der Waals surface area contributed by atoms with E-state index in [0.717, 1.165) is 22.3 Å². The Bertz CT molecular complexity index is 3080. The van der Waals surface area contributed by atoms with Crippen LogP contribution in [0.5, 0.6) is 0 Å². The number of carbonyl (C=O) groups is 11. The van der Waals surface area contributed by atoms with Crippen LogP contribution in [0.15, 0.2) is 103 Å². The van der Waals surface area contributed by atoms with E-state index >= 15 is 0 Å². The maximum absolute atomic E-state index is 15.0. The highest BCUT2D eigenvalue weighted by Crippen LogP contribution is 2.44. The van der Waals surface area contributed by atoms with E-state index < -0.39 is 143 Å². The maximum Gasteiger partial charge on any atom is 0.408 e. The number of fused-ring (bicyclic) bond motifs is 3. The molecule has 0 radical (unpaired) electrons. The summed E-state index contributed by atoms with van der Waals surface area (Å²) >= 11 is 0. The van der Waals surface area contributed by atoms with Crippen LogP contribution in [0.3, 0.4) is 0 Å². The highest BCUT2D eigenvalue weighted by Gasteiger charge is 2.41. The molecule has 1 aliphatic rings. The summed E-state index contributed by atoms with van der Waals surface area (Å²) < 4.78 is 22.2. The van der Waals surface area contributed by atoms with Crippen molar-refractivity contribution in [3.05, 3.63) is 120 Å². The number of allylic oxidation sites excluding steroid dienone is 1. The first-order chi connectivity index (χ1) is 43.9. The normalized spacial score (nSPS) is 15.2. The van der Waals surface area contributed by atoms with Crippen LogP contribution < -0.4 is 47.9 Å². The molecular formula is C68H95N9O16. The summed E-state index contributed by atoms with van der Waals surface area (Å²) in [5.41, 5.74) is 3.41. The van der Waals surface area contributed by atoms with Crippen molar-refractivity contribution >= 4 is 65.7 Å². The Labute approximate surface area is 544 Å². The van der Waals surface area contributed by atoms with Gasteiger partial charge in [0.05, 0.1) is 0 Å². The van der Waals surface area contributed by atoms with E-state index in [1.165, 1.54) is 26.0 Å². The Kier molecular flexibility index (Phi) is 30.0. The molecule has 25 nitrogen and oxygen atoms in total. The summed E-state index contributed by atoms with van der Waals surface area (Å²) in [6, 6.07) is 14.0. The Morgan fingerprint density at radius 2 is 1.08 bits per heavy atom. The Morgan fingerprint density at radius 3 is 1.59 bits per heavy atom. The molecule has 9 amide bonds. The molecule has 0 heterocycles. The molecule has 508 valence electrons. The van der Waals surface area contributed by atoms with Gasteiger partial charge in [-0.3, -0.25) is 28.8 Å². The molecule has 0 aromatic heterocycles. The predicted molar refractivity (Wildman–Crippen MR) is 347 cm³/mol. The molecule has 1 aliphatic carbocycles. The number of aliphatic carboxylic acids is 1. The summed E-state index contributed by atoms with van der Waals surface area (Å²) in [6.07, 6.45) is -1.06. The maximum atomic E-state index is 15.0. The fraction of sp³-hybridized carbons (Fsp3) is 0.515. The van der Waals surface area contributed by atoms with Gasteiger partial charge >= 0.3 is 30.2 Å². The molecule has 3 aromatic rings. The van der Waals surface area contributed by atoms with Crippen molar-refractivity contribution in [1.82, 2.24) is 47.9 Å². The number of hydrogen-bond acceptors (Lipinski definition) is 15. The standard InChI is InChI=1S/C68H95N9O16/c1-15-35-90-66(88)72-51(36-43-27-20-19-21-28-43)59(80)70-49(18-4)57(78)74-53(39(7)8)64(86)92-42(11)56(62(83)76-55(41(10)17-3)60(81)73-52(38(5)6)63(84)85)77-61(82)54(40(9)16-2)75-58(79)50(33-26-34-69-65(87)93-68(12,13)14)71-67(89)91-37-48-46-31-24-22-29-44(46)45-30-23-25-32-47(45)48/h15,18-25,27-32,38-42,48,50-56H,1,16-17,26,33-37H2,2-14H3,(H,69,87)(H,70,80)(H,71,89)(H,72,88)(H,73,81)(H,74,78)(H,75,79)(H,76,83)(H,77,82)(H,84,85)/b49-18-/t40-,41-,42+,50-,51-,52+,53-,54+,55+,56+/m0/s1. The number of carboxylic acids is 1. The van der Waals surface area contributed by atoms with Gasteiger partial charge in [0.15, 0.2) is 0 Å². The topological polar surface area (TPSA) is 353 Å². The van der Waals surface area contributed by atoms with Crippen LogP contribution >= 0.6 is 0 Å². The number of benzene rings is 3. The lowest BCUT2D eigenvalue weighted by Gasteiger charge is -2.32. The fourth-order valence-electron chi connectivity index (χ4n) is 10.1. The third-order valence-electron chi connectivity index (χ3n) is 15.7. The molecule has 4 rings (SSSR count). The first-order valence-electron chi connectivity index (χ1n) is 31.5. The van der Waals surface area contributed by atoms with Crippen molar-refractivity contribution in [2.75, 3.05) is 19.8 Å². The zero-order valence-electron chi connectivity index (χ0n) is 55.6. The number of amides is 9. The minimum absolute atomic E-state index is 0.00926. The van der Waals surface area contributed by atoms with E-state index in [1.54, 1.807) is 106 Å². The third-order valence-corrected chi connectivity index (χ3v) is 15.7. The molecule has 0 fully saturated rings. The highest BCUT2D eigenvalue weighted by atomic mass is 16.6. The van der Waals surface area contributed by atoms with Crippen LogP contribution in [0.2, 0.25) is 0 Å². The van der Waals surface area contributed by atoms with Gasteiger partial charge in [-0.2, -0.15) is 0 Å². The fourth-order valence-corrected chi connectivity index (χ4v) is 10.1. The second-order valence-corrected chi connectivity index (χ2v) is 24.7. The van der Waals surface area contributed by atoms with Crippen molar-refractivity contribution in [3.8, 4) is 11.1 Å². The summed E-state index contributed by atoms with van der Waals surface area (Å²) in [7, 11) is 0. The molecule has 10 atom stereocenters. The lowest BCUT2D eigenvalue weighted by atomic mass is 9.95. The van der Waals surface area contributed by atoms with E-state index in [2.05, 4.69) is 54.4 Å². The molecule has 0 bridgehead atoms. The second kappa shape index (κ2) is 36.7. The molecule has 0 saturated heterocycles. The quantitative estimate of drug-likeness (QED) is 0.00991. The Hall–Kier alpha value is -9.29. The Balaban J connectivity index is 1.67. The lowest BCUT2D eigenvalue weighted by molar-refractivity contribution is -0.157. The number of alkyl carbamates (subject to hydrolysis) is 3. The van der Waals surface area contributed by atoms with E-state index in [1.807, 2.05) is 48.5 Å². The summed E-state index contributed by atoms with van der Waals surface area (Å²) in [6.45, 7) is 24.2. The number of carboxylic acid groups (broad SMARTS) is 1. The average Bonchev–Trinajstić information content (AvgIpc) is 1.63. The van der Waals surface area contributed by atoms with Gasteiger partial charge in [0.25, 0.3) is 5.91 Å². The number of rotatable bonds is 34. The predicted octanol–water partition coefficient (Wildman–Crippen LogP) is 6.59. The lowest BCUT2D eigenvalue weighted by Crippen LogP contribution is -2.63. The number of carbonyl (C=O) groups excluding carboxylic acids is 10. The van der Waals surface area contributed by atoms with E-state index in [9.17, 15) is 57.8 Å². The van der Waals surface area contributed by atoms with Crippen LogP contribution in [0, 0.1) is 23.7 Å². The smallest absolute Gasteiger partial charge is 0.408 e. The number of hydrogen-bond donors (Lipinski definition) is 10. The van der Waals surface area contributed by atoms with Gasteiger partial charge in [-0.15, -0.1) is 0 Å². The zero-order valence-corrected chi connectivity index (χ0v) is 55.6. The van der Waals surface area contributed by atoms with Crippen LogP contribution in [0.1, 0.15) is 138 Å². The summed E-state index contributed by atoms with van der Waals surface area (Å²) in [5, 5.41) is 33.4. The minimum atomic E-state index is -1.88. The van der Waals surface area contributed by atoms with Crippen molar-refractivity contribution in [1.29, 1.82) is 0 Å². The average molecular weight is 1290 g/mol. The monoisotopic (exact) mass is 1290 g/mol. The van der Waals surface area contributed by atoms with E-state index in [0.29, 0.717) is 12.0 Å². The van der Waals surface area contributed by atoms with Crippen LogP contribution in [0.25, 0.3) is 11.1 Å². The second-order valence-electron chi connectivity index (χ2n) is 24.7. The van der Waals surface area contributed by atoms with Crippen molar-refractivity contribution < 1.29 is 76.8 Å². The minimum Gasteiger partial charge on any atom is -0.480 e. The van der Waals surface area contributed by atoms with Gasteiger partial charge in [-0.05, 0) is 98.9 Å². The molecule has 93 heavy (non-hydrogen) atoms. The molecule has 0 spiro atoms. The molecule has 0 aliphatic heterocycles. The van der Waals surface area contributed by atoms with Gasteiger partial charge in [-0.1, -0.05) is 166 Å². The molecule has 0 saturated carbocycles. The molecule has 0 unspecified atom stereocenters. The third kappa shape index (κ3) is 23.4. The summed E-state index contributed by atoms with van der Waals surface area (Å²) in [5.74, 6) is -10.9. The van der Waals surface area contributed by atoms with Crippen molar-refractivity contribution in [3.63, 3.8) is 0 Å². The van der Waals surface area contributed by atoms with E-state index in [4.69, 9.17) is 18.9 Å². The number of esters is 1. The zero-order chi connectivity index (χ0) is 69.3. The Morgan fingerprint density at radius 1 is 0.581 bits per heavy atom. The summed E-state index contributed by atoms with van der Waals surface area (Å²) in [4.78, 5) is 152. The largest absolute Gasteiger partial charge is 0.480 e. The van der Waals surface area contributed by atoms with Gasteiger partial charge in [-0.25, -0.2) is 24.0 Å². The number of ether oxygens (including phenoxy) is 4. The first-order valence-corrected chi connectivity index (χ1v) is 31.5. The van der Waals surface area contributed by atoms with Gasteiger partial charge in [0.1, 0.15) is 72.9 Å². The molecule has 10 N–H and O–H groups in total. The van der Waals surface area contributed by atoms with Crippen molar-refractivity contribution in [2.45, 2.75) is 182 Å². The molecule has 25 heteroatoms. The van der Waals surface area contributed by atoms with E-state index in [-0.39, 0.29) is 57.1 Å². The highest BCUT2D eigenvalue weighted by molar-refractivity contribution is 6.01. The molecular weight excluding hydrogens is 1200 g/mol. The SMILES string of the molecule is C=CCOC(=O)N[C@@H](Cc1ccccc1)C(=O)N/C(=C\C)C(=O)N[C@H](C(=O)O[C@H](C)[C@@H](NC(=O)[C@H](NC(=O)[C@H](CCCNC(=O)OC(C)(C)C)NC(=O)OCC1c2ccccc2-c2ccccc21)[C@@H](C)CC)C(=O)N[C@@H](C(=O)N[C@@H](C(=O)O)C(C)C)[C@@H](C)CC)C(C)C. The molecule has 3 aromatic carbocycles. The van der Waals surface area contributed by atoms with Gasteiger partial charge in [0, 0.05) is 18.9 Å². The van der Waals surface area contributed by atoms with Crippen molar-refractivity contribution in [2.24, 2.45) is 23.7 Å². The van der Waals surface area contributed by atoms with Gasteiger partial charge < -0.3 is 71.9 Å². The van der Waals surface area contributed by atoms with Crippen LogP contribution in [-0.2, 0) is 63.7 Å². The number of nitrogens with one attached hydrogen (secondary N) is 9. The van der Waals surface area contributed by atoms with Gasteiger partial charge in [0.2, 0.25) is 29.5 Å². The van der Waals surface area contributed by atoms with Crippen LogP contribution in [0.4, 0.5) is 14.4 Å². The van der Waals surface area contributed by atoms with Crippen LogP contribution in [-0.4, -0.2) is 145 Å². The first kappa shape index (κ1) is 76.2.